The maximum atomic E-state index is 12.0. The molecule has 0 aliphatic carbocycles. The second-order valence-corrected chi connectivity index (χ2v) is 15.8. The average Bonchev–Trinajstić information content (AvgIpc) is 3.78. The SMILES string of the molecule is CN.CNS(=O)(=O)c1nc2c(c(=O)n(C)c(=O)n2C)n1C.Cn1c(=O)c2c([nH]c(=S)n2C)n(C)c1=O.Cn1c(=O)c2c(nc(S(=O)(=O)Cl)n2C)n(C)c1=O. The maximum absolute atomic E-state index is 12.0. The van der Waals surface area contributed by atoms with Crippen LogP contribution in [-0.2, 0) is 82.5 Å². The molecule has 0 radical (unpaired) electrons. The standard InChI is InChI=1S/C9H13N5O4S.C8H9ClN4O4S.C8H10N4O2S.CH5N/c1-10-19(17,18)8-11-6-5(12(8)2)7(15)14(4)9(16)13(6)3;1-11-4-5(10-7(11)18(9,16)17)12(2)8(15)13(3)6(4)14;1-10-4-5(9-7(10)15)11(2)8(14)12(3)6(4)13;1-2/h10H,1-4H3;1-3H3;1-3H3,(H,9,15);2H2,1H3. The number of nitrogens with zero attached hydrogens (tertiary/aromatic N) is 11. The highest BCUT2D eigenvalue weighted by molar-refractivity contribution is 8.13. The summed E-state index contributed by atoms with van der Waals surface area (Å²) in [7, 11) is 13.0. The van der Waals surface area contributed by atoms with Crippen molar-refractivity contribution in [3.8, 4) is 0 Å². The van der Waals surface area contributed by atoms with Crippen molar-refractivity contribution < 1.29 is 16.8 Å². The van der Waals surface area contributed by atoms with E-state index < -0.39 is 46.7 Å². The number of rotatable bonds is 3. The van der Waals surface area contributed by atoms with E-state index in [0.717, 1.165) is 32.0 Å². The second-order valence-electron chi connectivity index (χ2n) is 11.2. The minimum Gasteiger partial charge on any atom is -0.333 e. The monoisotopic (exact) mass is 836 g/mol. The molecular formula is C26H37ClN14O10S3. The smallest absolute Gasteiger partial charge is 0.332 e. The van der Waals surface area contributed by atoms with Gasteiger partial charge in [-0.05, 0) is 26.3 Å². The van der Waals surface area contributed by atoms with Gasteiger partial charge in [0.1, 0.15) is 5.65 Å². The molecule has 4 N–H and O–H groups in total. The number of halogens is 1. The van der Waals surface area contributed by atoms with Gasteiger partial charge >= 0.3 is 17.1 Å². The number of nitrogens with one attached hydrogen (secondary N) is 2. The Morgan fingerprint density at radius 3 is 1.31 bits per heavy atom. The zero-order valence-electron chi connectivity index (χ0n) is 30.7. The largest absolute Gasteiger partial charge is 0.333 e. The summed E-state index contributed by atoms with van der Waals surface area (Å²) < 4.78 is 58.9. The van der Waals surface area contributed by atoms with Crippen LogP contribution in [0.2, 0.25) is 0 Å². The van der Waals surface area contributed by atoms with E-state index in [4.69, 9.17) is 22.9 Å². The summed E-state index contributed by atoms with van der Waals surface area (Å²) in [5, 5.41) is -0.791. The predicted molar refractivity (Wildman–Crippen MR) is 200 cm³/mol. The van der Waals surface area contributed by atoms with Gasteiger partial charge in [-0.2, -0.15) is 9.97 Å². The van der Waals surface area contributed by atoms with E-state index in [-0.39, 0.29) is 38.7 Å². The number of hydrogen-bond acceptors (Lipinski definition) is 14. The number of sulfonamides is 1. The summed E-state index contributed by atoms with van der Waals surface area (Å²) >= 11 is 5.00. The molecule has 28 heteroatoms. The third-order valence-corrected chi connectivity index (χ3v) is 11.1. The highest BCUT2D eigenvalue weighted by atomic mass is 35.7. The lowest BCUT2D eigenvalue weighted by Gasteiger charge is -2.03. The van der Waals surface area contributed by atoms with Crippen LogP contribution >= 0.6 is 22.9 Å². The van der Waals surface area contributed by atoms with E-state index in [1.54, 1.807) is 18.7 Å². The summed E-state index contributed by atoms with van der Waals surface area (Å²) in [5.41, 5.74) is 2.33. The molecule has 0 amide bonds. The van der Waals surface area contributed by atoms with Crippen molar-refractivity contribution in [2.24, 2.45) is 69.2 Å². The van der Waals surface area contributed by atoms with E-state index in [1.165, 1.54) is 68.0 Å². The minimum absolute atomic E-state index is 0.00109. The van der Waals surface area contributed by atoms with Crippen molar-refractivity contribution in [2.45, 2.75) is 10.3 Å². The lowest BCUT2D eigenvalue weighted by atomic mass is 10.5. The average molecular weight is 837 g/mol. The number of aromatic amines is 1. The highest BCUT2D eigenvalue weighted by Crippen LogP contribution is 2.17. The summed E-state index contributed by atoms with van der Waals surface area (Å²) in [6.07, 6.45) is 0. The highest BCUT2D eigenvalue weighted by Gasteiger charge is 2.25. The molecule has 0 bridgehead atoms. The Morgan fingerprint density at radius 1 is 0.574 bits per heavy atom. The summed E-state index contributed by atoms with van der Waals surface area (Å²) in [4.78, 5) is 81.2. The van der Waals surface area contributed by atoms with Crippen LogP contribution in [0, 0.1) is 4.77 Å². The van der Waals surface area contributed by atoms with Crippen LogP contribution in [0.25, 0.3) is 33.5 Å². The number of aryl methyl sites for hydroxylation is 6. The van der Waals surface area contributed by atoms with Crippen molar-refractivity contribution in [1.29, 1.82) is 0 Å². The van der Waals surface area contributed by atoms with Gasteiger partial charge in [-0.15, -0.1) is 0 Å². The van der Waals surface area contributed by atoms with E-state index in [0.29, 0.717) is 15.9 Å². The first kappa shape index (κ1) is 43.2. The molecule has 0 aliphatic rings. The van der Waals surface area contributed by atoms with Gasteiger partial charge in [-0.1, -0.05) is 0 Å². The molecule has 0 spiro atoms. The van der Waals surface area contributed by atoms with Gasteiger partial charge in [0.15, 0.2) is 32.6 Å². The first-order chi connectivity index (χ1) is 24.8. The lowest BCUT2D eigenvalue weighted by Crippen LogP contribution is -2.37. The molecule has 6 rings (SSSR count). The summed E-state index contributed by atoms with van der Waals surface area (Å²) in [6, 6.07) is 0. The number of fused-ring (bicyclic) bond motifs is 3. The normalized spacial score (nSPS) is 11.6. The Labute approximate surface area is 313 Å². The fourth-order valence-corrected chi connectivity index (χ4v) is 7.16. The fraction of sp³-hybridized carbons (Fsp3) is 0.423. The molecule has 6 aromatic rings. The second kappa shape index (κ2) is 15.3. The van der Waals surface area contributed by atoms with Gasteiger partial charge in [0.05, 0.1) is 0 Å². The molecule has 0 atom stereocenters. The number of imidazole rings is 3. The Kier molecular flexibility index (Phi) is 12.2. The first-order valence-electron chi connectivity index (χ1n) is 14.9. The molecule has 0 fully saturated rings. The molecule has 296 valence electrons. The van der Waals surface area contributed by atoms with Crippen LogP contribution in [0.4, 0.5) is 0 Å². The number of aromatic nitrogens is 12. The molecule has 0 aliphatic heterocycles. The van der Waals surface area contributed by atoms with Crippen molar-refractivity contribution in [3.05, 3.63) is 67.3 Å². The summed E-state index contributed by atoms with van der Waals surface area (Å²) in [6.45, 7) is 0. The van der Waals surface area contributed by atoms with E-state index in [1.807, 2.05) is 0 Å². The van der Waals surface area contributed by atoms with Crippen molar-refractivity contribution in [2.75, 3.05) is 14.1 Å². The van der Waals surface area contributed by atoms with Crippen LogP contribution in [0.15, 0.2) is 39.1 Å². The molecule has 0 saturated heterocycles. The van der Waals surface area contributed by atoms with E-state index in [9.17, 15) is 45.6 Å². The first-order valence-corrected chi connectivity index (χ1v) is 19.1. The number of H-pyrrole nitrogens is 1. The number of nitrogens with two attached hydrogens (primary N) is 1. The van der Waals surface area contributed by atoms with Crippen LogP contribution in [0.5, 0.6) is 0 Å². The van der Waals surface area contributed by atoms with Gasteiger partial charge in [-0.3, -0.25) is 41.8 Å². The van der Waals surface area contributed by atoms with E-state index in [2.05, 4.69) is 25.4 Å². The third kappa shape index (κ3) is 7.07. The third-order valence-electron chi connectivity index (χ3n) is 8.10. The van der Waals surface area contributed by atoms with Crippen LogP contribution in [-0.4, -0.2) is 87.0 Å². The summed E-state index contributed by atoms with van der Waals surface area (Å²) in [5.74, 6) is 0. The van der Waals surface area contributed by atoms with Crippen molar-refractivity contribution in [1.82, 2.24) is 60.8 Å². The minimum atomic E-state index is -4.09. The van der Waals surface area contributed by atoms with Crippen molar-refractivity contribution >= 4 is 75.5 Å². The van der Waals surface area contributed by atoms with Crippen molar-refractivity contribution in [3.63, 3.8) is 0 Å². The maximum Gasteiger partial charge on any atom is 0.332 e. The molecule has 0 unspecified atom stereocenters. The Balaban J connectivity index is 0.000000214. The molecule has 24 nitrogen and oxygen atoms in total. The quantitative estimate of drug-likeness (QED) is 0.113. The Hall–Kier alpha value is -5.22. The Bertz CT molecular complexity index is 3150. The van der Waals surface area contributed by atoms with Gasteiger partial charge in [0.25, 0.3) is 35.8 Å². The van der Waals surface area contributed by atoms with Gasteiger partial charge in [0, 0.05) is 74.1 Å². The van der Waals surface area contributed by atoms with Gasteiger partial charge in [0.2, 0.25) is 10.3 Å². The van der Waals surface area contributed by atoms with Crippen LogP contribution in [0.3, 0.4) is 0 Å². The van der Waals surface area contributed by atoms with Gasteiger partial charge < -0.3 is 24.4 Å². The molecule has 0 saturated carbocycles. The molecule has 0 aromatic carbocycles. The molecular weight excluding hydrogens is 800 g/mol. The predicted octanol–water partition coefficient (Wildman–Crippen LogP) is -4.01. The number of hydrogen-bond donors (Lipinski definition) is 3. The lowest BCUT2D eigenvalue weighted by molar-refractivity contribution is 0.572. The van der Waals surface area contributed by atoms with Gasteiger partial charge in [-0.25, -0.2) is 35.9 Å². The fourth-order valence-electron chi connectivity index (χ4n) is 5.11. The topological polar surface area (TPSA) is 295 Å². The molecule has 6 heterocycles. The zero-order valence-corrected chi connectivity index (χ0v) is 33.9. The van der Waals surface area contributed by atoms with Crippen LogP contribution < -0.4 is 44.2 Å². The van der Waals surface area contributed by atoms with Crippen LogP contribution in [0.1, 0.15) is 0 Å². The zero-order chi connectivity index (χ0) is 41.7. The molecule has 54 heavy (non-hydrogen) atoms. The Morgan fingerprint density at radius 2 is 0.926 bits per heavy atom. The van der Waals surface area contributed by atoms with E-state index >= 15 is 0 Å². The molecule has 6 aromatic heterocycles.